The number of carbonyl (C=O) groups is 1. The fraction of sp³-hybridized carbons (Fsp3) is 0.444. The van der Waals surface area contributed by atoms with E-state index in [2.05, 4.69) is 41.3 Å². The number of aryl methyl sites for hydroxylation is 1. The third-order valence-corrected chi connectivity index (χ3v) is 4.74. The molecule has 0 spiro atoms. The lowest BCUT2D eigenvalue weighted by Gasteiger charge is -2.13. The standard InChI is InChI=1S/C18H25N3OS/c1-4-15(5-2)20-17(22)12-23-18-19-13(3)16(21-18)11-14-9-7-6-8-10-14/h6-10,15H,4-5,11-12H2,1-3H3,(H,19,21)(H,20,22). The second-order valence-electron chi connectivity index (χ2n) is 5.65. The minimum atomic E-state index is 0.0716. The lowest BCUT2D eigenvalue weighted by atomic mass is 10.1. The van der Waals surface area contributed by atoms with Crippen LogP contribution in [0.1, 0.15) is 43.6 Å². The van der Waals surface area contributed by atoms with Crippen LogP contribution in [-0.4, -0.2) is 27.7 Å². The molecular formula is C18H25N3OS. The summed E-state index contributed by atoms with van der Waals surface area (Å²) in [6.45, 7) is 6.21. The van der Waals surface area contributed by atoms with Gasteiger partial charge >= 0.3 is 0 Å². The van der Waals surface area contributed by atoms with Crippen molar-refractivity contribution >= 4 is 17.7 Å². The van der Waals surface area contributed by atoms with Gasteiger partial charge in [-0.15, -0.1) is 0 Å². The smallest absolute Gasteiger partial charge is 0.230 e. The van der Waals surface area contributed by atoms with Gasteiger partial charge in [-0.3, -0.25) is 4.79 Å². The van der Waals surface area contributed by atoms with Crippen molar-refractivity contribution in [3.05, 3.63) is 47.3 Å². The Morgan fingerprint density at radius 3 is 2.61 bits per heavy atom. The molecule has 0 fully saturated rings. The van der Waals surface area contributed by atoms with Gasteiger partial charge in [0.15, 0.2) is 5.16 Å². The van der Waals surface area contributed by atoms with E-state index in [1.165, 1.54) is 17.3 Å². The molecule has 4 nitrogen and oxygen atoms in total. The first kappa shape index (κ1) is 17.6. The Labute approximate surface area is 142 Å². The quantitative estimate of drug-likeness (QED) is 0.725. The minimum Gasteiger partial charge on any atom is -0.353 e. The third-order valence-electron chi connectivity index (χ3n) is 3.87. The molecule has 1 aromatic heterocycles. The van der Waals surface area contributed by atoms with Crippen LogP contribution in [0.4, 0.5) is 0 Å². The summed E-state index contributed by atoms with van der Waals surface area (Å²) < 4.78 is 0. The van der Waals surface area contributed by atoms with E-state index in [1.54, 1.807) is 0 Å². The number of H-pyrrole nitrogens is 1. The number of amides is 1. The highest BCUT2D eigenvalue weighted by molar-refractivity contribution is 7.99. The van der Waals surface area contributed by atoms with Gasteiger partial charge < -0.3 is 10.3 Å². The van der Waals surface area contributed by atoms with Gasteiger partial charge in [-0.1, -0.05) is 55.9 Å². The number of imidazole rings is 1. The minimum absolute atomic E-state index is 0.0716. The molecule has 2 N–H and O–H groups in total. The summed E-state index contributed by atoms with van der Waals surface area (Å²) in [6.07, 6.45) is 2.74. The highest BCUT2D eigenvalue weighted by Gasteiger charge is 2.12. The Kier molecular flexibility index (Phi) is 6.71. The zero-order valence-corrected chi connectivity index (χ0v) is 14.9. The highest BCUT2D eigenvalue weighted by Crippen LogP contribution is 2.19. The van der Waals surface area contributed by atoms with Crippen molar-refractivity contribution < 1.29 is 4.79 Å². The maximum atomic E-state index is 12.0. The number of rotatable bonds is 8. The first-order valence-electron chi connectivity index (χ1n) is 8.13. The molecule has 1 heterocycles. The summed E-state index contributed by atoms with van der Waals surface area (Å²) in [5.41, 5.74) is 3.35. The van der Waals surface area contributed by atoms with E-state index in [0.29, 0.717) is 5.75 Å². The summed E-state index contributed by atoms with van der Waals surface area (Å²) in [7, 11) is 0. The molecule has 0 saturated heterocycles. The maximum Gasteiger partial charge on any atom is 0.230 e. The third kappa shape index (κ3) is 5.43. The van der Waals surface area contributed by atoms with E-state index in [4.69, 9.17) is 0 Å². The number of hydrogen-bond donors (Lipinski definition) is 2. The van der Waals surface area contributed by atoms with Gasteiger partial charge in [-0.05, 0) is 25.3 Å². The Hall–Kier alpha value is -1.75. The molecule has 0 aliphatic heterocycles. The summed E-state index contributed by atoms with van der Waals surface area (Å²) in [6, 6.07) is 10.6. The van der Waals surface area contributed by atoms with E-state index in [-0.39, 0.29) is 11.9 Å². The molecule has 0 bridgehead atoms. The van der Waals surface area contributed by atoms with Gasteiger partial charge in [0.1, 0.15) is 0 Å². The fourth-order valence-corrected chi connectivity index (χ4v) is 3.14. The average molecular weight is 331 g/mol. The molecule has 0 atom stereocenters. The van der Waals surface area contributed by atoms with E-state index in [9.17, 15) is 4.79 Å². The van der Waals surface area contributed by atoms with Gasteiger partial charge in [0.05, 0.1) is 11.4 Å². The van der Waals surface area contributed by atoms with Crippen molar-refractivity contribution in [2.45, 2.75) is 51.2 Å². The molecule has 5 heteroatoms. The molecule has 0 radical (unpaired) electrons. The van der Waals surface area contributed by atoms with Crippen LogP contribution in [0.25, 0.3) is 0 Å². The van der Waals surface area contributed by atoms with Crippen molar-refractivity contribution in [2.24, 2.45) is 0 Å². The second kappa shape index (κ2) is 8.77. The van der Waals surface area contributed by atoms with Crippen LogP contribution < -0.4 is 5.32 Å². The summed E-state index contributed by atoms with van der Waals surface area (Å²) in [4.78, 5) is 19.9. The molecular weight excluding hydrogens is 306 g/mol. The van der Waals surface area contributed by atoms with Crippen LogP contribution in [0.2, 0.25) is 0 Å². The molecule has 124 valence electrons. The molecule has 0 unspecified atom stereocenters. The van der Waals surface area contributed by atoms with Gasteiger partial charge in [-0.2, -0.15) is 0 Å². The van der Waals surface area contributed by atoms with Crippen LogP contribution in [-0.2, 0) is 11.2 Å². The van der Waals surface area contributed by atoms with Crippen molar-refractivity contribution in [2.75, 3.05) is 5.75 Å². The zero-order chi connectivity index (χ0) is 16.7. The Bertz CT molecular complexity index is 620. The first-order chi connectivity index (χ1) is 11.1. The van der Waals surface area contributed by atoms with Gasteiger partial charge in [0.2, 0.25) is 5.91 Å². The van der Waals surface area contributed by atoms with Crippen molar-refractivity contribution in [3.63, 3.8) is 0 Å². The van der Waals surface area contributed by atoms with Crippen molar-refractivity contribution in [1.82, 2.24) is 15.3 Å². The average Bonchev–Trinajstić information content (AvgIpc) is 2.91. The topological polar surface area (TPSA) is 57.8 Å². The Morgan fingerprint density at radius 1 is 1.26 bits per heavy atom. The fourth-order valence-electron chi connectivity index (χ4n) is 2.39. The molecule has 0 saturated carbocycles. The van der Waals surface area contributed by atoms with Crippen LogP contribution in [0.5, 0.6) is 0 Å². The molecule has 1 aromatic carbocycles. The van der Waals surface area contributed by atoms with Crippen LogP contribution in [0, 0.1) is 6.92 Å². The van der Waals surface area contributed by atoms with E-state index in [0.717, 1.165) is 35.8 Å². The number of aromatic amines is 1. The van der Waals surface area contributed by atoms with Crippen molar-refractivity contribution in [1.29, 1.82) is 0 Å². The zero-order valence-electron chi connectivity index (χ0n) is 14.1. The van der Waals surface area contributed by atoms with Crippen LogP contribution in [0.3, 0.4) is 0 Å². The number of hydrogen-bond acceptors (Lipinski definition) is 3. The van der Waals surface area contributed by atoms with Crippen LogP contribution in [0.15, 0.2) is 35.5 Å². The Balaban J connectivity index is 1.89. The number of thioether (sulfide) groups is 1. The van der Waals surface area contributed by atoms with E-state index < -0.39 is 0 Å². The SMILES string of the molecule is CCC(CC)NC(=O)CSc1nc(Cc2ccccc2)c(C)[nH]1. The predicted octanol–water partition coefficient (Wildman–Crippen LogP) is 3.71. The molecule has 2 aromatic rings. The monoisotopic (exact) mass is 331 g/mol. The second-order valence-corrected chi connectivity index (χ2v) is 6.61. The van der Waals surface area contributed by atoms with Gasteiger partial charge in [0.25, 0.3) is 0 Å². The first-order valence-corrected chi connectivity index (χ1v) is 9.12. The lowest BCUT2D eigenvalue weighted by Crippen LogP contribution is -2.35. The van der Waals surface area contributed by atoms with Crippen molar-refractivity contribution in [3.8, 4) is 0 Å². The number of carbonyl (C=O) groups excluding carboxylic acids is 1. The lowest BCUT2D eigenvalue weighted by molar-refractivity contribution is -0.119. The summed E-state index contributed by atoms with van der Waals surface area (Å²) >= 11 is 1.46. The highest BCUT2D eigenvalue weighted by atomic mass is 32.2. The van der Waals surface area contributed by atoms with E-state index in [1.807, 2.05) is 25.1 Å². The predicted molar refractivity (Wildman–Crippen MR) is 95.8 cm³/mol. The normalized spacial score (nSPS) is 11.0. The molecule has 0 aliphatic rings. The molecule has 2 rings (SSSR count). The number of nitrogens with one attached hydrogen (secondary N) is 2. The molecule has 1 amide bonds. The van der Waals surface area contributed by atoms with Gasteiger partial charge in [0, 0.05) is 18.2 Å². The maximum absolute atomic E-state index is 12.0. The number of benzene rings is 1. The largest absolute Gasteiger partial charge is 0.353 e. The van der Waals surface area contributed by atoms with Gasteiger partial charge in [-0.25, -0.2) is 4.98 Å². The summed E-state index contributed by atoms with van der Waals surface area (Å²) in [5, 5.41) is 3.86. The molecule has 0 aliphatic carbocycles. The Morgan fingerprint density at radius 2 is 1.96 bits per heavy atom. The molecule has 23 heavy (non-hydrogen) atoms. The number of aromatic nitrogens is 2. The van der Waals surface area contributed by atoms with Crippen LogP contribution >= 0.6 is 11.8 Å². The van der Waals surface area contributed by atoms with E-state index >= 15 is 0 Å². The number of nitrogens with zero attached hydrogens (tertiary/aromatic N) is 1. The summed E-state index contributed by atoms with van der Waals surface area (Å²) in [5.74, 6) is 0.469.